The zero-order chi connectivity index (χ0) is 12.5. The number of hydrogen-bond donors (Lipinski definition) is 1. The van der Waals surface area contributed by atoms with Crippen molar-refractivity contribution in [3.63, 3.8) is 0 Å². The molecular weight excluding hydrogens is 250 g/mol. The second-order valence-corrected chi connectivity index (χ2v) is 5.10. The van der Waals surface area contributed by atoms with Gasteiger partial charge in [0.05, 0.1) is 5.02 Å². The van der Waals surface area contributed by atoms with E-state index in [9.17, 15) is 0 Å². The summed E-state index contributed by atoms with van der Waals surface area (Å²) in [5, 5.41) is 12.4. The van der Waals surface area contributed by atoms with Crippen molar-refractivity contribution in [1.82, 2.24) is 20.2 Å². The van der Waals surface area contributed by atoms with E-state index in [4.69, 9.17) is 17.3 Å². The summed E-state index contributed by atoms with van der Waals surface area (Å²) in [6.45, 7) is 0.841. The van der Waals surface area contributed by atoms with Crippen LogP contribution in [0, 0.1) is 5.92 Å². The van der Waals surface area contributed by atoms with Gasteiger partial charge < -0.3 is 5.73 Å². The molecule has 0 amide bonds. The number of nitrogens with zero attached hydrogens (tertiary/aromatic N) is 4. The van der Waals surface area contributed by atoms with Gasteiger partial charge in [0.15, 0.2) is 5.82 Å². The smallest absolute Gasteiger partial charge is 0.183 e. The van der Waals surface area contributed by atoms with Crippen LogP contribution in [0.1, 0.15) is 19.3 Å². The van der Waals surface area contributed by atoms with Gasteiger partial charge in [-0.25, -0.2) is 4.68 Å². The molecule has 6 heteroatoms. The molecule has 0 radical (unpaired) electrons. The summed E-state index contributed by atoms with van der Waals surface area (Å²) >= 11 is 6.18. The van der Waals surface area contributed by atoms with Gasteiger partial charge in [-0.05, 0) is 41.0 Å². The number of nitrogens with two attached hydrogens (primary N) is 1. The van der Waals surface area contributed by atoms with Gasteiger partial charge in [0.2, 0.25) is 0 Å². The lowest BCUT2D eigenvalue weighted by atomic mass is 10.2. The maximum Gasteiger partial charge on any atom is 0.183 e. The molecule has 0 aliphatic heterocycles. The van der Waals surface area contributed by atoms with Gasteiger partial charge in [0.1, 0.15) is 0 Å². The predicted molar refractivity (Wildman–Crippen MR) is 70.0 cm³/mol. The van der Waals surface area contributed by atoms with Crippen LogP contribution in [-0.2, 0) is 6.54 Å². The van der Waals surface area contributed by atoms with Gasteiger partial charge in [0.25, 0.3) is 0 Å². The molecule has 2 N–H and O–H groups in total. The van der Waals surface area contributed by atoms with Gasteiger partial charge in [-0.15, -0.1) is 5.10 Å². The molecule has 1 aromatic heterocycles. The minimum Gasteiger partial charge on any atom is -0.399 e. The van der Waals surface area contributed by atoms with Crippen LogP contribution in [0.25, 0.3) is 11.4 Å². The summed E-state index contributed by atoms with van der Waals surface area (Å²) in [4.78, 5) is 0. The molecule has 1 aromatic carbocycles. The molecule has 18 heavy (non-hydrogen) atoms. The molecule has 0 unspecified atom stereocenters. The van der Waals surface area contributed by atoms with Gasteiger partial charge >= 0.3 is 0 Å². The van der Waals surface area contributed by atoms with Crippen LogP contribution >= 0.6 is 11.6 Å². The Labute approximate surface area is 110 Å². The number of aryl methyl sites for hydroxylation is 1. The van der Waals surface area contributed by atoms with E-state index in [1.54, 1.807) is 12.1 Å². The molecule has 5 nitrogen and oxygen atoms in total. The molecule has 0 saturated heterocycles. The molecule has 0 bridgehead atoms. The zero-order valence-electron chi connectivity index (χ0n) is 9.88. The fraction of sp³-hybridized carbons (Fsp3) is 0.417. The summed E-state index contributed by atoms with van der Waals surface area (Å²) in [5.74, 6) is 1.56. The van der Waals surface area contributed by atoms with Gasteiger partial charge in [-0.3, -0.25) is 0 Å². The summed E-state index contributed by atoms with van der Waals surface area (Å²) in [6, 6.07) is 5.38. The number of rotatable bonds is 4. The third-order valence-corrected chi connectivity index (χ3v) is 3.52. The first-order valence-electron chi connectivity index (χ1n) is 6.05. The van der Waals surface area contributed by atoms with E-state index >= 15 is 0 Å². The van der Waals surface area contributed by atoms with Crippen molar-refractivity contribution in [3.05, 3.63) is 23.2 Å². The third-order valence-electron chi connectivity index (χ3n) is 3.21. The molecule has 0 atom stereocenters. The maximum atomic E-state index is 6.18. The molecule has 0 spiro atoms. The Morgan fingerprint density at radius 2 is 2.22 bits per heavy atom. The van der Waals surface area contributed by atoms with Crippen LogP contribution in [0.5, 0.6) is 0 Å². The number of hydrogen-bond acceptors (Lipinski definition) is 4. The van der Waals surface area contributed by atoms with Crippen LogP contribution in [0.2, 0.25) is 5.02 Å². The van der Waals surface area contributed by atoms with E-state index in [2.05, 4.69) is 15.5 Å². The summed E-state index contributed by atoms with van der Waals surface area (Å²) < 4.78 is 1.82. The average molecular weight is 264 g/mol. The molecule has 1 aliphatic carbocycles. The van der Waals surface area contributed by atoms with Crippen LogP contribution in [-0.4, -0.2) is 20.2 Å². The van der Waals surface area contributed by atoms with Crippen molar-refractivity contribution in [1.29, 1.82) is 0 Å². The first-order valence-corrected chi connectivity index (χ1v) is 6.43. The van der Waals surface area contributed by atoms with Crippen LogP contribution in [0.3, 0.4) is 0 Å². The minimum absolute atomic E-state index is 0.581. The largest absolute Gasteiger partial charge is 0.399 e. The Balaban J connectivity index is 1.88. The number of benzene rings is 1. The fourth-order valence-electron chi connectivity index (χ4n) is 1.97. The van der Waals surface area contributed by atoms with Crippen molar-refractivity contribution in [2.24, 2.45) is 5.92 Å². The molecule has 1 saturated carbocycles. The lowest BCUT2D eigenvalue weighted by molar-refractivity contribution is 0.535. The van der Waals surface area contributed by atoms with Crippen molar-refractivity contribution >= 4 is 17.3 Å². The molecule has 1 heterocycles. The second-order valence-electron chi connectivity index (χ2n) is 4.70. The molecule has 2 aromatic rings. The lowest BCUT2D eigenvalue weighted by Gasteiger charge is -2.06. The zero-order valence-corrected chi connectivity index (χ0v) is 10.6. The van der Waals surface area contributed by atoms with Crippen molar-refractivity contribution < 1.29 is 0 Å². The molecular formula is C12H14ClN5. The van der Waals surface area contributed by atoms with E-state index < -0.39 is 0 Å². The normalized spacial score (nSPS) is 14.9. The Kier molecular flexibility index (Phi) is 2.91. The number of nitrogen functional groups attached to an aromatic ring is 1. The topological polar surface area (TPSA) is 69.6 Å². The van der Waals surface area contributed by atoms with E-state index in [0.717, 1.165) is 24.4 Å². The van der Waals surface area contributed by atoms with E-state index in [0.29, 0.717) is 16.5 Å². The van der Waals surface area contributed by atoms with Crippen LogP contribution in [0.4, 0.5) is 5.69 Å². The van der Waals surface area contributed by atoms with Crippen molar-refractivity contribution in [3.8, 4) is 11.4 Å². The van der Waals surface area contributed by atoms with Crippen LogP contribution in [0.15, 0.2) is 18.2 Å². The molecule has 1 fully saturated rings. The van der Waals surface area contributed by atoms with E-state index in [-0.39, 0.29) is 0 Å². The van der Waals surface area contributed by atoms with Gasteiger partial charge in [-0.1, -0.05) is 24.4 Å². The first-order chi connectivity index (χ1) is 8.74. The predicted octanol–water partition coefficient (Wildman–Crippen LogP) is 2.38. The van der Waals surface area contributed by atoms with Crippen molar-refractivity contribution in [2.75, 3.05) is 5.73 Å². The van der Waals surface area contributed by atoms with E-state index in [1.165, 1.54) is 12.8 Å². The molecule has 94 valence electrons. The highest BCUT2D eigenvalue weighted by Crippen LogP contribution is 2.33. The molecule has 1 aliphatic rings. The van der Waals surface area contributed by atoms with Crippen LogP contribution < -0.4 is 5.73 Å². The average Bonchev–Trinajstić information content (AvgIpc) is 3.06. The SMILES string of the molecule is Nc1ccc(-c2nnnn2CCC2CC2)c(Cl)c1. The minimum atomic E-state index is 0.581. The summed E-state index contributed by atoms with van der Waals surface area (Å²) in [7, 11) is 0. The summed E-state index contributed by atoms with van der Waals surface area (Å²) in [6.07, 6.45) is 3.80. The standard InChI is InChI=1S/C12H14ClN5/c13-11-7-9(14)3-4-10(11)12-15-16-17-18(12)6-5-8-1-2-8/h3-4,7-8H,1-2,5-6,14H2. The number of anilines is 1. The first kappa shape index (κ1) is 11.5. The Bertz CT molecular complexity index is 561. The van der Waals surface area contributed by atoms with Gasteiger partial charge in [0, 0.05) is 17.8 Å². The Morgan fingerprint density at radius 3 is 2.94 bits per heavy atom. The maximum absolute atomic E-state index is 6.18. The van der Waals surface area contributed by atoms with Gasteiger partial charge in [-0.2, -0.15) is 0 Å². The second kappa shape index (κ2) is 4.57. The summed E-state index contributed by atoms with van der Waals surface area (Å²) in [5.41, 5.74) is 7.15. The van der Waals surface area contributed by atoms with E-state index in [1.807, 2.05) is 10.7 Å². The highest BCUT2D eigenvalue weighted by atomic mass is 35.5. The Hall–Kier alpha value is -1.62. The fourth-order valence-corrected chi connectivity index (χ4v) is 2.25. The Morgan fingerprint density at radius 1 is 1.39 bits per heavy atom. The highest BCUT2D eigenvalue weighted by Gasteiger charge is 2.22. The monoisotopic (exact) mass is 263 g/mol. The molecule has 3 rings (SSSR count). The number of aromatic nitrogens is 4. The number of halogens is 1. The number of tetrazole rings is 1. The third kappa shape index (κ3) is 2.31. The highest BCUT2D eigenvalue weighted by molar-refractivity contribution is 6.33. The lowest BCUT2D eigenvalue weighted by Crippen LogP contribution is -2.04. The quantitative estimate of drug-likeness (QED) is 0.860. The van der Waals surface area contributed by atoms with Crippen molar-refractivity contribution in [2.45, 2.75) is 25.8 Å².